The van der Waals surface area contributed by atoms with Crippen LogP contribution in [0.25, 0.3) is 0 Å². The molecule has 0 unspecified atom stereocenters. The Balaban J connectivity index is 1.41. The second-order valence-electron chi connectivity index (χ2n) is 6.57. The number of ketones is 1. The summed E-state index contributed by atoms with van der Waals surface area (Å²) >= 11 is 6.86. The van der Waals surface area contributed by atoms with Gasteiger partial charge in [-0.1, -0.05) is 35.9 Å². The summed E-state index contributed by atoms with van der Waals surface area (Å²) in [6.45, 7) is -1.03. The van der Waals surface area contributed by atoms with Gasteiger partial charge in [0.05, 0.1) is 9.21 Å². The van der Waals surface area contributed by atoms with Gasteiger partial charge in [0.15, 0.2) is 6.61 Å². The number of rotatable bonds is 5. The summed E-state index contributed by atoms with van der Waals surface area (Å²) in [7, 11) is 0. The number of hydrogen-bond donors (Lipinski definition) is 1. The number of thiophene rings is 1. The van der Waals surface area contributed by atoms with Gasteiger partial charge in [-0.05, 0) is 36.1 Å². The van der Waals surface area contributed by atoms with E-state index in [9.17, 15) is 19.2 Å². The molecular weight excluding hydrogens is 404 g/mol. The van der Waals surface area contributed by atoms with E-state index >= 15 is 0 Å². The van der Waals surface area contributed by atoms with Crippen LogP contribution in [0.2, 0.25) is 4.34 Å². The normalized spacial score (nSPS) is 20.4. The Morgan fingerprint density at radius 1 is 1.21 bits per heavy atom. The number of urea groups is 1. The van der Waals surface area contributed by atoms with E-state index in [2.05, 4.69) is 5.32 Å². The average molecular weight is 419 g/mol. The number of hydrogen-bond acceptors (Lipinski definition) is 6. The largest absolute Gasteiger partial charge is 0.456 e. The fourth-order valence-electron chi connectivity index (χ4n) is 3.59. The number of nitrogens with zero attached hydrogens (tertiary/aromatic N) is 1. The molecule has 1 aliphatic carbocycles. The third kappa shape index (κ3) is 3.08. The zero-order chi connectivity index (χ0) is 19.9. The van der Waals surface area contributed by atoms with Crippen molar-refractivity contribution in [3.63, 3.8) is 0 Å². The summed E-state index contributed by atoms with van der Waals surface area (Å²) in [6, 6.07) is 9.90. The number of ether oxygens (including phenoxy) is 1. The van der Waals surface area contributed by atoms with Gasteiger partial charge >= 0.3 is 12.0 Å². The van der Waals surface area contributed by atoms with Crippen LogP contribution in [0, 0.1) is 0 Å². The zero-order valence-corrected chi connectivity index (χ0v) is 16.1. The van der Waals surface area contributed by atoms with E-state index in [1.54, 1.807) is 12.1 Å². The van der Waals surface area contributed by atoms with E-state index in [1.165, 1.54) is 0 Å². The molecule has 7 nitrogen and oxygen atoms in total. The molecule has 9 heteroatoms. The first kappa shape index (κ1) is 18.6. The number of carbonyl (C=O) groups excluding carboxylic acids is 4. The van der Waals surface area contributed by atoms with Crippen molar-refractivity contribution in [3.05, 3.63) is 56.7 Å². The van der Waals surface area contributed by atoms with Gasteiger partial charge in [0, 0.05) is 0 Å². The second kappa shape index (κ2) is 7.03. The molecule has 2 aromatic rings. The van der Waals surface area contributed by atoms with Crippen LogP contribution in [0.5, 0.6) is 0 Å². The Bertz CT molecular complexity index is 1000. The SMILES string of the molecule is O=C(CN1C(=O)N[C@]2(CCc3ccccc32)C1=O)OCC(=O)c1ccc(Cl)s1. The van der Waals surface area contributed by atoms with Crippen LogP contribution >= 0.6 is 22.9 Å². The van der Waals surface area contributed by atoms with Crippen LogP contribution in [-0.2, 0) is 26.3 Å². The Morgan fingerprint density at radius 2 is 2.00 bits per heavy atom. The number of nitrogens with one attached hydrogen (secondary N) is 1. The first-order valence-electron chi connectivity index (χ1n) is 8.57. The molecule has 144 valence electrons. The Hall–Kier alpha value is -2.71. The highest BCUT2D eigenvalue weighted by atomic mass is 35.5. The number of amides is 3. The highest BCUT2D eigenvalue weighted by Crippen LogP contribution is 2.41. The Kier molecular flexibility index (Phi) is 4.68. The van der Waals surface area contributed by atoms with E-state index in [4.69, 9.17) is 16.3 Å². The van der Waals surface area contributed by atoms with Crippen molar-refractivity contribution < 1.29 is 23.9 Å². The quantitative estimate of drug-likeness (QED) is 0.457. The van der Waals surface area contributed by atoms with Crippen LogP contribution < -0.4 is 5.32 Å². The molecule has 1 saturated heterocycles. The molecule has 2 aliphatic rings. The van der Waals surface area contributed by atoms with Crippen LogP contribution in [0.1, 0.15) is 27.2 Å². The smallest absolute Gasteiger partial charge is 0.326 e. The van der Waals surface area contributed by atoms with Crippen molar-refractivity contribution >= 4 is 46.6 Å². The summed E-state index contributed by atoms with van der Waals surface area (Å²) in [6.07, 6.45) is 1.11. The van der Waals surface area contributed by atoms with Crippen molar-refractivity contribution in [2.24, 2.45) is 0 Å². The number of halogens is 1. The lowest BCUT2D eigenvalue weighted by Gasteiger charge is -2.22. The van der Waals surface area contributed by atoms with Crippen molar-refractivity contribution in [3.8, 4) is 0 Å². The van der Waals surface area contributed by atoms with E-state index in [1.807, 2.05) is 24.3 Å². The molecule has 1 aliphatic heterocycles. The lowest BCUT2D eigenvalue weighted by molar-refractivity contribution is -0.146. The summed E-state index contributed by atoms with van der Waals surface area (Å²) in [4.78, 5) is 50.6. The lowest BCUT2D eigenvalue weighted by Crippen LogP contribution is -2.42. The number of Topliss-reactive ketones (excluding diaryl/α,β-unsaturated/α-hetero) is 1. The van der Waals surface area contributed by atoms with Gasteiger partial charge in [0.25, 0.3) is 5.91 Å². The molecule has 1 spiro atoms. The van der Waals surface area contributed by atoms with Crippen molar-refractivity contribution in [1.82, 2.24) is 10.2 Å². The summed E-state index contributed by atoms with van der Waals surface area (Å²) in [5.41, 5.74) is 0.632. The molecule has 1 aromatic carbocycles. The van der Waals surface area contributed by atoms with Gasteiger partial charge in [0.2, 0.25) is 5.78 Å². The third-order valence-electron chi connectivity index (χ3n) is 4.92. The Labute approximate surface area is 169 Å². The molecule has 1 atom stereocenters. The van der Waals surface area contributed by atoms with Gasteiger partial charge in [-0.15, -0.1) is 11.3 Å². The minimum atomic E-state index is -1.13. The molecule has 1 fully saturated rings. The topological polar surface area (TPSA) is 92.8 Å². The van der Waals surface area contributed by atoms with E-state index in [-0.39, 0.29) is 0 Å². The number of aryl methyl sites for hydroxylation is 1. The predicted molar refractivity (Wildman–Crippen MR) is 101 cm³/mol. The monoisotopic (exact) mass is 418 g/mol. The number of esters is 1. The predicted octanol–water partition coefficient (Wildman–Crippen LogP) is 2.52. The maximum Gasteiger partial charge on any atom is 0.326 e. The van der Waals surface area contributed by atoms with Gasteiger partial charge < -0.3 is 10.1 Å². The number of benzene rings is 1. The maximum absolute atomic E-state index is 13.0. The number of imide groups is 1. The molecule has 2 heterocycles. The van der Waals surface area contributed by atoms with Crippen molar-refractivity contribution in [2.75, 3.05) is 13.2 Å². The number of carbonyl (C=O) groups is 4. The molecule has 0 saturated carbocycles. The molecule has 1 N–H and O–H groups in total. The molecular formula is C19H15ClN2O5S. The molecule has 28 heavy (non-hydrogen) atoms. The van der Waals surface area contributed by atoms with Crippen LogP contribution in [0.4, 0.5) is 4.79 Å². The van der Waals surface area contributed by atoms with Gasteiger partial charge in [-0.2, -0.15) is 0 Å². The van der Waals surface area contributed by atoms with E-state index < -0.39 is 42.4 Å². The fraction of sp³-hybridized carbons (Fsp3) is 0.263. The highest BCUT2D eigenvalue weighted by molar-refractivity contribution is 7.18. The van der Waals surface area contributed by atoms with Gasteiger partial charge in [0.1, 0.15) is 12.1 Å². The minimum Gasteiger partial charge on any atom is -0.456 e. The van der Waals surface area contributed by atoms with Crippen molar-refractivity contribution in [2.45, 2.75) is 18.4 Å². The fourth-order valence-corrected chi connectivity index (χ4v) is 4.56. The molecule has 3 amide bonds. The zero-order valence-electron chi connectivity index (χ0n) is 14.6. The minimum absolute atomic E-state index is 0.370. The second-order valence-corrected chi connectivity index (χ2v) is 8.29. The van der Waals surface area contributed by atoms with Gasteiger partial charge in [-0.3, -0.25) is 19.3 Å². The van der Waals surface area contributed by atoms with Crippen molar-refractivity contribution in [1.29, 1.82) is 0 Å². The Morgan fingerprint density at radius 3 is 2.75 bits per heavy atom. The van der Waals surface area contributed by atoms with Crippen LogP contribution in [-0.4, -0.2) is 41.7 Å². The highest BCUT2D eigenvalue weighted by Gasteiger charge is 2.55. The van der Waals surface area contributed by atoms with Gasteiger partial charge in [-0.25, -0.2) is 4.79 Å². The first-order chi connectivity index (χ1) is 13.4. The summed E-state index contributed by atoms with van der Waals surface area (Å²) in [5.74, 6) is -1.71. The van der Waals surface area contributed by atoms with E-state index in [0.29, 0.717) is 22.1 Å². The third-order valence-corrected chi connectivity index (χ3v) is 6.19. The average Bonchev–Trinajstić information content (AvgIpc) is 3.34. The summed E-state index contributed by atoms with van der Waals surface area (Å²) in [5, 5.41) is 2.73. The first-order valence-corrected chi connectivity index (χ1v) is 9.77. The standard InChI is InChI=1S/C19H15ClN2O5S/c20-15-6-5-14(28-15)13(23)10-27-16(24)9-22-17(25)19(21-18(22)26)8-7-11-3-1-2-4-12(11)19/h1-6H,7-10H2,(H,21,26)/t19-/m0/s1. The summed E-state index contributed by atoms with van der Waals surface area (Å²) < 4.78 is 5.40. The maximum atomic E-state index is 13.0. The number of fused-ring (bicyclic) bond motifs is 2. The van der Waals surface area contributed by atoms with Crippen LogP contribution in [0.15, 0.2) is 36.4 Å². The van der Waals surface area contributed by atoms with Crippen LogP contribution in [0.3, 0.4) is 0 Å². The van der Waals surface area contributed by atoms with E-state index in [0.717, 1.165) is 27.4 Å². The molecule has 0 bridgehead atoms. The molecule has 0 radical (unpaired) electrons. The molecule has 1 aromatic heterocycles. The molecule has 4 rings (SSSR count). The lowest BCUT2D eigenvalue weighted by atomic mass is 9.92.